The first-order valence-corrected chi connectivity index (χ1v) is 25.0. The van der Waals surface area contributed by atoms with Crippen molar-refractivity contribution in [3.8, 4) is 0 Å². The van der Waals surface area contributed by atoms with Gasteiger partial charge in [0.2, 0.25) is 5.79 Å². The molecule has 5 rings (SSSR count). The number of rotatable bonds is 10. The van der Waals surface area contributed by atoms with Crippen molar-refractivity contribution < 1.29 is 75.8 Å². The van der Waals surface area contributed by atoms with Crippen LogP contribution >= 0.6 is 11.6 Å². The number of benzene rings is 1. The number of piperidine rings is 1. The molecule has 3 aliphatic heterocycles. The van der Waals surface area contributed by atoms with Crippen molar-refractivity contribution in [3.63, 3.8) is 0 Å². The summed E-state index contributed by atoms with van der Waals surface area (Å²) >= 11 is 5.91. The first-order chi connectivity index (χ1) is 32.9. The summed E-state index contributed by atoms with van der Waals surface area (Å²) in [6.07, 6.45) is -2.69. The zero-order chi connectivity index (χ0) is 51.8. The number of aliphatic hydroxyl groups excluding tert-OH is 1. The summed E-state index contributed by atoms with van der Waals surface area (Å²) in [6, 6.07) is 1.41. The Hall–Kier alpha value is -3.55. The predicted octanol–water partition coefficient (Wildman–Crippen LogP) is 8.05. The average Bonchev–Trinajstić information content (AvgIpc) is 3.32. The Morgan fingerprint density at radius 3 is 2.24 bits per heavy atom. The first-order valence-electron chi connectivity index (χ1n) is 24.6. The van der Waals surface area contributed by atoms with Gasteiger partial charge in [0.05, 0.1) is 36.1 Å². The predicted molar refractivity (Wildman–Crippen MR) is 253 cm³/mol. The Labute approximate surface area is 414 Å². The van der Waals surface area contributed by atoms with E-state index in [4.69, 9.17) is 40.0 Å². The number of methoxy groups -OCH3 is 3. The van der Waals surface area contributed by atoms with Crippen LogP contribution in [0.3, 0.4) is 0 Å². The van der Waals surface area contributed by atoms with Crippen LogP contribution in [-0.2, 0) is 53.8 Å². The van der Waals surface area contributed by atoms with Crippen molar-refractivity contribution in [2.75, 3.05) is 34.5 Å². The lowest BCUT2D eigenvalue weighted by atomic mass is 9.81. The van der Waals surface area contributed by atoms with Crippen LogP contribution in [0.25, 0.3) is 0 Å². The summed E-state index contributed by atoms with van der Waals surface area (Å²) in [6.45, 7) is 10.4. The maximum Gasteiger partial charge on any atom is 0.416 e. The van der Waals surface area contributed by atoms with Crippen LogP contribution in [0.5, 0.6) is 0 Å². The quantitative estimate of drug-likeness (QED) is 0.0995. The molecule has 1 aliphatic carbocycles. The fourth-order valence-electron chi connectivity index (χ4n) is 10.7. The molecule has 14 atom stereocenters. The molecule has 392 valence electrons. The molecule has 70 heavy (non-hydrogen) atoms. The van der Waals surface area contributed by atoms with Gasteiger partial charge >= 0.3 is 12.1 Å². The second-order valence-corrected chi connectivity index (χ2v) is 20.5. The Morgan fingerprint density at radius 2 is 1.60 bits per heavy atom. The highest BCUT2D eigenvalue weighted by Gasteiger charge is 2.56. The van der Waals surface area contributed by atoms with E-state index in [2.05, 4.69) is 0 Å². The summed E-state index contributed by atoms with van der Waals surface area (Å²) in [5.41, 5.74) is 0.205. The third-order valence-corrected chi connectivity index (χ3v) is 15.1. The minimum absolute atomic E-state index is 0.0173. The van der Waals surface area contributed by atoms with E-state index in [1.165, 1.54) is 21.3 Å². The normalized spacial score (nSPS) is 35.1. The van der Waals surface area contributed by atoms with Gasteiger partial charge in [-0.1, -0.05) is 57.0 Å². The van der Waals surface area contributed by atoms with Crippen molar-refractivity contribution in [2.45, 2.75) is 173 Å². The average molecular weight is 1010 g/mol. The summed E-state index contributed by atoms with van der Waals surface area (Å²) in [5.74, 6) is -9.02. The lowest BCUT2D eigenvalue weighted by molar-refractivity contribution is -0.302. The third-order valence-electron chi connectivity index (χ3n) is 14.8. The molecule has 0 aromatic heterocycles. The maximum absolute atomic E-state index is 14.5. The molecule has 1 aromatic carbocycles. The van der Waals surface area contributed by atoms with E-state index in [1.54, 1.807) is 20.8 Å². The van der Waals surface area contributed by atoms with Crippen LogP contribution in [0.4, 0.5) is 13.2 Å². The minimum Gasteiger partial charge on any atom is -0.456 e. The highest BCUT2D eigenvalue weighted by molar-refractivity contribution is 6.39. The molecular weight excluding hydrogens is 939 g/mol. The molecule has 1 aromatic rings. The van der Waals surface area contributed by atoms with Crippen LogP contribution < -0.4 is 0 Å². The van der Waals surface area contributed by atoms with Gasteiger partial charge in [-0.3, -0.25) is 19.2 Å². The van der Waals surface area contributed by atoms with Crippen LogP contribution in [0, 0.1) is 29.6 Å². The molecule has 1 saturated carbocycles. The summed E-state index contributed by atoms with van der Waals surface area (Å²) in [5, 5.41) is 23.7. The minimum atomic E-state index is -4.70. The SMILES string of the molecule is CCC1C=C(C)CC(C)CC(OC)C2OC(O)(C(=O)C(=O)N3CCCCC3C(=O)OC(C(C)=CC3CCC(OCC(=O)c4cc(Cl)cc(C(F)(F)F)c4)C(OC)C3)C(C)C(O)CC1=O)C(C)CC2OC. The van der Waals surface area contributed by atoms with Gasteiger partial charge in [-0.25, -0.2) is 4.79 Å². The number of hydrogen-bond donors (Lipinski definition) is 2. The Balaban J connectivity index is 1.44. The Morgan fingerprint density at radius 1 is 0.929 bits per heavy atom. The first kappa shape index (κ1) is 57.4. The van der Waals surface area contributed by atoms with Crippen LogP contribution in [0.2, 0.25) is 5.02 Å². The molecule has 2 saturated heterocycles. The number of Topliss-reactive ketones (excluding diaryl/α,β-unsaturated/α-hetero) is 3. The smallest absolute Gasteiger partial charge is 0.416 e. The fourth-order valence-corrected chi connectivity index (χ4v) is 11.0. The molecule has 1 amide bonds. The van der Waals surface area contributed by atoms with Crippen LogP contribution in [0.15, 0.2) is 41.5 Å². The molecule has 0 spiro atoms. The van der Waals surface area contributed by atoms with E-state index in [0.717, 1.165) is 28.7 Å². The van der Waals surface area contributed by atoms with Gasteiger partial charge in [-0.05, 0) is 114 Å². The Bertz CT molecular complexity index is 2080. The number of alkyl halides is 3. The number of nitrogens with zero attached hydrogens (tertiary/aromatic N) is 1. The second-order valence-electron chi connectivity index (χ2n) is 20.1. The number of ether oxygens (including phenoxy) is 6. The monoisotopic (exact) mass is 1010 g/mol. The summed E-state index contributed by atoms with van der Waals surface area (Å²) in [7, 11) is 4.49. The van der Waals surface area contributed by atoms with Gasteiger partial charge in [0, 0.05) is 62.6 Å². The van der Waals surface area contributed by atoms with Gasteiger partial charge < -0.3 is 43.5 Å². The highest BCUT2D eigenvalue weighted by atomic mass is 35.5. The highest BCUT2D eigenvalue weighted by Crippen LogP contribution is 2.40. The van der Waals surface area contributed by atoms with E-state index < -0.39 is 114 Å². The summed E-state index contributed by atoms with van der Waals surface area (Å²) in [4.78, 5) is 71.4. The molecule has 2 N–H and O–H groups in total. The standard InChI is InChI=1S/C52H73ClF3NO13/c1-10-34-18-28(2)17-29(3)19-44(66-8)47-45(67-9)21-31(5)51(64,70-47)48(61)49(62)57-16-12-11-13-38(57)50(63)69-46(32(6)39(58)26-40(34)59)30(4)20-33-14-15-42(43(22-33)65-7)68-27-41(60)35-23-36(52(54,55)56)25-37(53)24-35/h18,20,23-25,29,31-34,38-39,42-47,58,64H,10-17,19,21-22,26-27H2,1-9H3. The zero-order valence-corrected chi connectivity index (χ0v) is 42.7. The number of amides is 1. The van der Waals surface area contributed by atoms with Crippen molar-refractivity contribution in [2.24, 2.45) is 29.6 Å². The number of esters is 1. The van der Waals surface area contributed by atoms with Crippen molar-refractivity contribution >= 4 is 40.8 Å². The molecule has 3 fully saturated rings. The number of cyclic esters (lactones) is 1. The second kappa shape index (κ2) is 24.9. The maximum atomic E-state index is 14.5. The summed E-state index contributed by atoms with van der Waals surface area (Å²) < 4.78 is 76.3. The number of aliphatic hydroxyl groups is 2. The molecule has 0 radical (unpaired) electrons. The van der Waals surface area contributed by atoms with Crippen molar-refractivity contribution in [1.29, 1.82) is 0 Å². The van der Waals surface area contributed by atoms with Crippen molar-refractivity contribution in [1.82, 2.24) is 4.90 Å². The Kier molecular flexibility index (Phi) is 20.4. The van der Waals surface area contributed by atoms with Crippen LogP contribution in [-0.4, -0.2) is 133 Å². The number of hydrogen-bond acceptors (Lipinski definition) is 13. The number of ketones is 3. The van der Waals surface area contributed by atoms with Gasteiger partial charge in [-0.2, -0.15) is 13.2 Å². The number of allylic oxidation sites excluding steroid dienone is 3. The molecule has 14 nitrogen and oxygen atoms in total. The number of halogens is 4. The van der Waals surface area contributed by atoms with Crippen molar-refractivity contribution in [3.05, 3.63) is 57.6 Å². The molecule has 2 bridgehead atoms. The van der Waals surface area contributed by atoms with Gasteiger partial charge in [0.1, 0.15) is 30.6 Å². The van der Waals surface area contributed by atoms with Gasteiger partial charge in [-0.15, -0.1) is 0 Å². The van der Waals surface area contributed by atoms with E-state index in [-0.39, 0.29) is 54.0 Å². The molecule has 18 heteroatoms. The molecule has 4 aliphatic rings. The topological polar surface area (TPSA) is 184 Å². The van der Waals surface area contributed by atoms with E-state index in [0.29, 0.717) is 56.9 Å². The van der Waals surface area contributed by atoms with E-state index >= 15 is 0 Å². The lowest BCUT2D eigenvalue weighted by Crippen LogP contribution is -2.64. The number of carbonyl (C=O) groups is 5. The molecule has 3 heterocycles. The molecular formula is C52H73ClF3NO13. The van der Waals surface area contributed by atoms with Gasteiger partial charge in [0.15, 0.2) is 5.78 Å². The van der Waals surface area contributed by atoms with Gasteiger partial charge in [0.25, 0.3) is 11.7 Å². The van der Waals surface area contributed by atoms with E-state index in [1.807, 2.05) is 32.9 Å². The third kappa shape index (κ3) is 13.9. The zero-order valence-electron chi connectivity index (χ0n) is 41.9. The number of fused-ring (bicyclic) bond motifs is 3. The van der Waals surface area contributed by atoms with Crippen LogP contribution in [0.1, 0.15) is 128 Å². The number of carbonyl (C=O) groups excluding carboxylic acids is 5. The van der Waals surface area contributed by atoms with E-state index in [9.17, 15) is 47.4 Å². The fraction of sp³-hybridized carbons (Fsp3) is 0.712. The lowest BCUT2D eigenvalue weighted by Gasteiger charge is -2.47. The molecule has 14 unspecified atom stereocenters. The largest absolute Gasteiger partial charge is 0.456 e.